The zero-order valence-electron chi connectivity index (χ0n) is 13.9. The number of amides is 2. The highest BCUT2D eigenvalue weighted by Crippen LogP contribution is 2.45. The summed E-state index contributed by atoms with van der Waals surface area (Å²) in [5, 5.41) is 8.82. The first-order valence-electron chi connectivity index (χ1n) is 8.56. The Morgan fingerprint density at radius 3 is 2.60 bits per heavy atom. The number of fused-ring (bicyclic) bond motifs is 1. The van der Waals surface area contributed by atoms with Crippen molar-refractivity contribution in [2.45, 2.75) is 25.7 Å². The maximum absolute atomic E-state index is 13.3. The predicted octanol–water partition coefficient (Wildman–Crippen LogP) is 2.72. The first kappa shape index (κ1) is 15.8. The Hall–Kier alpha value is -2.66. The minimum absolute atomic E-state index is 0.175. The van der Waals surface area contributed by atoms with E-state index in [-0.39, 0.29) is 5.91 Å². The molecule has 1 aliphatic heterocycles. The molecule has 25 heavy (non-hydrogen) atoms. The number of nitrogens with one attached hydrogen (secondary N) is 1. The molecule has 0 bridgehead atoms. The third-order valence-corrected chi connectivity index (χ3v) is 5.43. The molecule has 4 rings (SSSR count). The third-order valence-electron chi connectivity index (χ3n) is 5.43. The van der Waals surface area contributed by atoms with Gasteiger partial charge < -0.3 is 4.90 Å². The molecule has 0 radical (unpaired) electrons. The van der Waals surface area contributed by atoms with Crippen LogP contribution in [0.1, 0.15) is 34.3 Å². The number of hydrogen-bond acceptors (Lipinski definition) is 3. The second kappa shape index (κ2) is 6.01. The third kappa shape index (κ3) is 2.61. The average Bonchev–Trinajstić information content (AvgIpc) is 3.02. The summed E-state index contributed by atoms with van der Waals surface area (Å²) < 4.78 is 0. The van der Waals surface area contributed by atoms with Crippen molar-refractivity contribution in [3.8, 4) is 0 Å². The van der Waals surface area contributed by atoms with E-state index >= 15 is 0 Å². The van der Waals surface area contributed by atoms with E-state index in [1.165, 1.54) is 0 Å². The van der Waals surface area contributed by atoms with E-state index in [2.05, 4.69) is 0 Å². The fraction of sp³-hybridized carbons (Fsp3) is 0.300. The molecule has 1 aliphatic carbocycles. The highest BCUT2D eigenvalue weighted by molar-refractivity contribution is 5.99. The number of carbonyl (C=O) groups is 2. The number of benzene rings is 2. The molecule has 1 spiro atoms. The van der Waals surface area contributed by atoms with Gasteiger partial charge in [0.15, 0.2) is 0 Å². The van der Waals surface area contributed by atoms with Gasteiger partial charge in [-0.2, -0.15) is 0 Å². The molecule has 2 aromatic rings. The Morgan fingerprint density at radius 1 is 1.08 bits per heavy atom. The van der Waals surface area contributed by atoms with Crippen LogP contribution in [0.5, 0.6) is 0 Å². The van der Waals surface area contributed by atoms with Crippen molar-refractivity contribution in [3.63, 3.8) is 0 Å². The van der Waals surface area contributed by atoms with E-state index in [0.717, 1.165) is 36.2 Å². The zero-order chi connectivity index (χ0) is 17.4. The van der Waals surface area contributed by atoms with Crippen molar-refractivity contribution in [3.05, 3.63) is 65.2 Å². The summed E-state index contributed by atoms with van der Waals surface area (Å²) in [5.41, 5.74) is 4.77. The lowest BCUT2D eigenvalue weighted by Gasteiger charge is -2.39. The van der Waals surface area contributed by atoms with Crippen LogP contribution >= 0.6 is 0 Å². The summed E-state index contributed by atoms with van der Waals surface area (Å²) in [5.74, 6) is -0.348. The second-order valence-electron chi connectivity index (χ2n) is 6.95. The van der Waals surface area contributed by atoms with Gasteiger partial charge in [0.05, 0.1) is 5.41 Å². The van der Waals surface area contributed by atoms with Crippen molar-refractivity contribution < 1.29 is 14.8 Å². The van der Waals surface area contributed by atoms with Crippen LogP contribution in [-0.4, -0.2) is 23.6 Å². The molecule has 2 aromatic carbocycles. The lowest BCUT2D eigenvalue weighted by Crippen LogP contribution is -2.49. The lowest BCUT2D eigenvalue weighted by molar-refractivity contribution is -0.129. The molecule has 1 heterocycles. The van der Waals surface area contributed by atoms with Gasteiger partial charge in [-0.05, 0) is 61.1 Å². The minimum Gasteiger partial charge on any atom is -0.312 e. The van der Waals surface area contributed by atoms with Crippen molar-refractivity contribution in [1.29, 1.82) is 0 Å². The number of piperidine rings is 1. The molecule has 2 N–H and O–H groups in total. The second-order valence-corrected chi connectivity index (χ2v) is 6.95. The molecule has 1 atom stereocenters. The Labute approximate surface area is 146 Å². The first-order valence-corrected chi connectivity index (χ1v) is 8.56. The minimum atomic E-state index is -0.523. The van der Waals surface area contributed by atoms with Crippen LogP contribution in [0.4, 0.5) is 5.69 Å². The predicted molar refractivity (Wildman–Crippen MR) is 93.6 cm³/mol. The van der Waals surface area contributed by atoms with Gasteiger partial charge in [0.1, 0.15) is 0 Å². The number of rotatable bonds is 2. The summed E-state index contributed by atoms with van der Waals surface area (Å²) in [4.78, 5) is 26.8. The molecule has 1 saturated heterocycles. The topological polar surface area (TPSA) is 69.6 Å². The normalized spacial score (nSPS) is 22.1. The number of anilines is 1. The van der Waals surface area contributed by atoms with Gasteiger partial charge in [-0.25, -0.2) is 5.48 Å². The van der Waals surface area contributed by atoms with Crippen LogP contribution in [0.25, 0.3) is 0 Å². The molecule has 1 fully saturated rings. The van der Waals surface area contributed by atoms with Gasteiger partial charge in [0.25, 0.3) is 5.91 Å². The number of carbonyl (C=O) groups excluding carboxylic acids is 2. The van der Waals surface area contributed by atoms with E-state index in [9.17, 15) is 9.59 Å². The van der Waals surface area contributed by atoms with E-state index in [0.29, 0.717) is 18.4 Å². The smallest absolute Gasteiger partial charge is 0.274 e. The van der Waals surface area contributed by atoms with E-state index < -0.39 is 11.3 Å². The average molecular weight is 336 g/mol. The standard InChI is InChI=1S/C20H20N2O3/c23-18(21-25)14-7-8-15-12-20(13-16(15)11-14)9-4-10-22(19(20)24)17-5-2-1-3-6-17/h1-3,5-8,11,25H,4,9-10,12-13H2,(H,21,23)/t20-/m0/s1. The highest BCUT2D eigenvalue weighted by Gasteiger charge is 2.48. The Balaban J connectivity index is 1.64. The van der Waals surface area contributed by atoms with Crippen molar-refractivity contribution in [2.24, 2.45) is 5.41 Å². The Kier molecular flexibility index (Phi) is 3.81. The van der Waals surface area contributed by atoms with Crippen LogP contribution in [0.2, 0.25) is 0 Å². The Bertz CT molecular complexity index is 834. The molecule has 128 valence electrons. The number of para-hydroxylation sites is 1. The van der Waals surface area contributed by atoms with Crippen LogP contribution in [0, 0.1) is 5.41 Å². The van der Waals surface area contributed by atoms with Gasteiger partial charge >= 0.3 is 0 Å². The fourth-order valence-corrected chi connectivity index (χ4v) is 4.21. The Morgan fingerprint density at radius 2 is 1.84 bits per heavy atom. The molecule has 0 aromatic heterocycles. The largest absolute Gasteiger partial charge is 0.312 e. The number of hydroxylamine groups is 1. The molecule has 5 heteroatoms. The lowest BCUT2D eigenvalue weighted by atomic mass is 9.76. The van der Waals surface area contributed by atoms with Gasteiger partial charge in [-0.1, -0.05) is 24.3 Å². The van der Waals surface area contributed by atoms with Gasteiger partial charge in [0, 0.05) is 17.8 Å². The monoisotopic (exact) mass is 336 g/mol. The van der Waals surface area contributed by atoms with Gasteiger partial charge in [0.2, 0.25) is 5.91 Å². The van der Waals surface area contributed by atoms with Crippen molar-refractivity contribution >= 4 is 17.5 Å². The molecule has 2 aliphatic rings. The van der Waals surface area contributed by atoms with Crippen molar-refractivity contribution in [2.75, 3.05) is 11.4 Å². The van der Waals surface area contributed by atoms with E-state index in [1.54, 1.807) is 17.6 Å². The van der Waals surface area contributed by atoms with Crippen LogP contribution in [0.15, 0.2) is 48.5 Å². The molecular formula is C20H20N2O3. The van der Waals surface area contributed by atoms with Gasteiger partial charge in [-0.3, -0.25) is 14.8 Å². The van der Waals surface area contributed by atoms with Crippen LogP contribution in [0.3, 0.4) is 0 Å². The van der Waals surface area contributed by atoms with Crippen LogP contribution in [-0.2, 0) is 17.6 Å². The number of hydrogen-bond donors (Lipinski definition) is 2. The molecular weight excluding hydrogens is 316 g/mol. The summed E-state index contributed by atoms with van der Waals surface area (Å²) in [6.07, 6.45) is 3.20. The number of nitrogens with zero attached hydrogens (tertiary/aromatic N) is 1. The first-order chi connectivity index (χ1) is 12.1. The molecule has 2 amide bonds. The molecule has 0 saturated carbocycles. The molecule has 0 unspecified atom stereocenters. The van der Waals surface area contributed by atoms with E-state index in [4.69, 9.17) is 5.21 Å². The maximum Gasteiger partial charge on any atom is 0.274 e. The highest BCUT2D eigenvalue weighted by atomic mass is 16.5. The summed E-state index contributed by atoms with van der Waals surface area (Å²) in [6, 6.07) is 15.2. The van der Waals surface area contributed by atoms with E-state index in [1.807, 2.05) is 41.3 Å². The van der Waals surface area contributed by atoms with Crippen LogP contribution < -0.4 is 10.4 Å². The summed E-state index contributed by atoms with van der Waals surface area (Å²) >= 11 is 0. The summed E-state index contributed by atoms with van der Waals surface area (Å²) in [7, 11) is 0. The van der Waals surface area contributed by atoms with Gasteiger partial charge in [-0.15, -0.1) is 0 Å². The summed E-state index contributed by atoms with van der Waals surface area (Å²) in [6.45, 7) is 0.749. The zero-order valence-corrected chi connectivity index (χ0v) is 13.9. The van der Waals surface area contributed by atoms with Crippen molar-refractivity contribution in [1.82, 2.24) is 5.48 Å². The SMILES string of the molecule is O=C(NO)c1ccc2c(c1)C[C@]1(CCCN(c3ccccc3)C1=O)C2. The molecule has 5 nitrogen and oxygen atoms in total. The maximum atomic E-state index is 13.3. The quantitative estimate of drug-likeness (QED) is 0.654. The fourth-order valence-electron chi connectivity index (χ4n) is 4.21.